The van der Waals surface area contributed by atoms with Crippen LogP contribution in [-0.4, -0.2) is 127 Å². The fourth-order valence-corrected chi connectivity index (χ4v) is 9.64. The summed E-state index contributed by atoms with van der Waals surface area (Å²) in [5.41, 5.74) is 5.64. The number of nitrogens with one attached hydrogen (secondary N) is 9. The molecule has 19 nitrogen and oxygen atoms in total. The van der Waals surface area contributed by atoms with Crippen LogP contribution in [-0.2, 0) is 40.0 Å². The first-order valence-corrected chi connectivity index (χ1v) is 24.2. The number of carbonyl (C=O) groups is 7. The molecule has 3 aliphatic rings. The molecule has 3 fully saturated rings. The van der Waals surface area contributed by atoms with E-state index >= 15 is 0 Å². The molecule has 0 unspecified atom stereocenters. The number of amides is 6. The zero-order chi connectivity index (χ0) is 48.6. The quantitative estimate of drug-likeness (QED) is 0.0249. The number of nitrogens with two attached hydrogens (primary N) is 1. The lowest BCUT2D eigenvalue weighted by molar-refractivity contribution is -0.142. The van der Waals surface area contributed by atoms with Crippen LogP contribution in [0.15, 0.2) is 48.1 Å². The number of carbonyl (C=O) groups excluding carboxylic acids is 7. The number of benzene rings is 1. The van der Waals surface area contributed by atoms with Crippen molar-refractivity contribution in [3.05, 3.63) is 48.7 Å². The Morgan fingerprint density at radius 1 is 0.836 bits per heavy atom. The fraction of sp³-hybridized carbons (Fsp3) is 0.646. The minimum absolute atomic E-state index is 0.107. The van der Waals surface area contributed by atoms with Crippen LogP contribution in [0.4, 0.5) is 0 Å². The first kappa shape index (κ1) is 53.8. The second-order valence-electron chi connectivity index (χ2n) is 18.3. The highest BCUT2D eigenvalue weighted by Crippen LogP contribution is 2.37. The van der Waals surface area contributed by atoms with Crippen molar-refractivity contribution in [2.75, 3.05) is 26.7 Å². The zero-order valence-electron chi connectivity index (χ0n) is 39.5. The smallest absolute Gasteiger partial charge is 0.245 e. The van der Waals surface area contributed by atoms with Crippen LogP contribution < -0.4 is 48.3 Å². The Bertz CT molecular complexity index is 1840. The lowest BCUT2D eigenvalue weighted by Gasteiger charge is -2.32. The molecule has 67 heavy (non-hydrogen) atoms. The number of rotatable bonds is 28. The topological polar surface area (TPSA) is 281 Å². The molecule has 0 aromatic heterocycles. The highest BCUT2D eigenvalue weighted by atomic mass is 16.2. The number of aldehydes is 1. The van der Waals surface area contributed by atoms with E-state index in [-0.39, 0.29) is 50.1 Å². The van der Waals surface area contributed by atoms with Crippen molar-refractivity contribution in [2.24, 2.45) is 16.6 Å². The third kappa shape index (κ3) is 18.1. The van der Waals surface area contributed by atoms with Crippen molar-refractivity contribution < 1.29 is 33.6 Å². The number of likely N-dealkylation sites (tertiary alicyclic amines) is 1. The van der Waals surface area contributed by atoms with E-state index in [1.807, 2.05) is 30.3 Å². The van der Waals surface area contributed by atoms with Crippen LogP contribution >= 0.6 is 0 Å². The van der Waals surface area contributed by atoms with Gasteiger partial charge in [-0.3, -0.25) is 39.2 Å². The van der Waals surface area contributed by atoms with Gasteiger partial charge in [-0.2, -0.15) is 0 Å². The van der Waals surface area contributed by atoms with Gasteiger partial charge in [0, 0.05) is 33.0 Å². The second kappa shape index (κ2) is 28.4. The first-order chi connectivity index (χ1) is 32.3. The standard InChI is InChI=1S/C48H76N12O7/c1-4-52-32-55-48(23-11-12-24-48)30-36(31-61)57-43(64)40(29-35-18-9-6-10-19-35)59-45(66)41-22-15-27-60(41)46(67)38(21-14-25-53-42(63)37(51-3)20-13-26-54-47(49)50)58-44(65)39(56-33(2)62)28-34-16-7-5-8-17-34/h4-5,7-8,16-17,31-32,35-41,51H,1,6,9-15,18-30H2,2-3H3,(H,52,55)(H,53,63)(H,56,62)(H,57,64)(H,58,65)(H,59,66)(H4,49,50,54)/t36-,37-,38-,39-,40+,41-/m0/s1. The van der Waals surface area contributed by atoms with Gasteiger partial charge >= 0.3 is 0 Å². The molecule has 4 rings (SSSR count). The summed E-state index contributed by atoms with van der Waals surface area (Å²) >= 11 is 0. The molecule has 0 bridgehead atoms. The van der Waals surface area contributed by atoms with Crippen LogP contribution in [0.25, 0.3) is 0 Å². The molecular weight excluding hydrogens is 857 g/mol. The molecule has 1 saturated heterocycles. The monoisotopic (exact) mass is 933 g/mol. The number of hydrogen-bond donors (Lipinski definition) is 10. The van der Waals surface area contributed by atoms with E-state index in [0.717, 1.165) is 69.6 Å². The molecule has 2 saturated carbocycles. The minimum Gasteiger partial charge on any atom is -0.370 e. The Hall–Kier alpha value is -5.85. The zero-order valence-corrected chi connectivity index (χ0v) is 39.5. The van der Waals surface area contributed by atoms with Gasteiger partial charge in [-0.1, -0.05) is 81.9 Å². The Morgan fingerprint density at radius 2 is 1.51 bits per heavy atom. The highest BCUT2D eigenvalue weighted by molar-refractivity contribution is 5.96. The number of guanidine groups is 1. The molecule has 1 aromatic carbocycles. The molecule has 1 aromatic rings. The summed E-state index contributed by atoms with van der Waals surface area (Å²) < 4.78 is 0. The maximum absolute atomic E-state index is 14.7. The number of aliphatic imine (C=N–C) groups is 1. The normalized spacial score (nSPS) is 19.2. The number of likely N-dealkylation sites (N-methyl/N-ethyl adjacent to an activating group) is 1. The van der Waals surface area contributed by atoms with Gasteiger partial charge in [0.25, 0.3) is 0 Å². The highest BCUT2D eigenvalue weighted by Gasteiger charge is 2.41. The average Bonchev–Trinajstić information content (AvgIpc) is 4.00. The minimum atomic E-state index is -1.12. The fourth-order valence-electron chi connectivity index (χ4n) is 9.64. The molecule has 6 atom stereocenters. The van der Waals surface area contributed by atoms with E-state index in [9.17, 15) is 33.6 Å². The first-order valence-electron chi connectivity index (χ1n) is 24.2. The molecule has 1 heterocycles. The van der Waals surface area contributed by atoms with Crippen molar-refractivity contribution in [3.8, 4) is 0 Å². The molecular formula is C48H76N12O7. The molecule has 6 amide bonds. The molecule has 370 valence electrons. The Kier molecular flexibility index (Phi) is 22.8. The van der Waals surface area contributed by atoms with Crippen molar-refractivity contribution >= 4 is 54.0 Å². The summed E-state index contributed by atoms with van der Waals surface area (Å²) in [6.07, 6.45) is 15.4. The van der Waals surface area contributed by atoms with E-state index in [1.165, 1.54) is 18.0 Å². The van der Waals surface area contributed by atoms with Crippen LogP contribution in [0.3, 0.4) is 0 Å². The Labute approximate surface area is 395 Å². The average molecular weight is 933 g/mol. The molecule has 11 N–H and O–H groups in total. The predicted octanol–water partition coefficient (Wildman–Crippen LogP) is 1.56. The van der Waals surface area contributed by atoms with E-state index in [1.54, 1.807) is 13.4 Å². The third-order valence-corrected chi connectivity index (χ3v) is 13.1. The van der Waals surface area contributed by atoms with Crippen LogP contribution in [0, 0.1) is 11.3 Å². The van der Waals surface area contributed by atoms with Gasteiger partial charge < -0.3 is 58.0 Å². The van der Waals surface area contributed by atoms with Gasteiger partial charge in [-0.25, -0.2) is 0 Å². The van der Waals surface area contributed by atoms with Crippen molar-refractivity contribution in [1.29, 1.82) is 5.41 Å². The van der Waals surface area contributed by atoms with E-state index < -0.39 is 71.3 Å². The maximum atomic E-state index is 14.7. The van der Waals surface area contributed by atoms with Crippen molar-refractivity contribution in [1.82, 2.24) is 47.4 Å². The van der Waals surface area contributed by atoms with Gasteiger partial charge in [0.1, 0.15) is 30.5 Å². The van der Waals surface area contributed by atoms with Gasteiger partial charge in [0.05, 0.1) is 24.0 Å². The summed E-state index contributed by atoms with van der Waals surface area (Å²) in [6.45, 7) is 5.83. The lowest BCUT2D eigenvalue weighted by Crippen LogP contribution is -2.58. The molecule has 2 aliphatic carbocycles. The molecule has 19 heteroatoms. The second-order valence-corrected chi connectivity index (χ2v) is 18.3. The van der Waals surface area contributed by atoms with Crippen LogP contribution in [0.2, 0.25) is 0 Å². The van der Waals surface area contributed by atoms with Crippen molar-refractivity contribution in [2.45, 2.75) is 164 Å². The van der Waals surface area contributed by atoms with Gasteiger partial charge in [-0.15, -0.1) is 0 Å². The SMILES string of the molecule is C=CN/C=N\C1(C[C@@H](C=O)NC(=O)[C@@H](CC2CCCCC2)NC(=O)[C@@H]2CCCN2C(=O)[C@H](CCCNC(=O)[C@H](CCCNC(=N)N)NC)NC(=O)[C@H](Cc2ccccc2)NC(C)=O)CCCC1. The van der Waals surface area contributed by atoms with Gasteiger partial charge in [0.2, 0.25) is 35.4 Å². The predicted molar refractivity (Wildman–Crippen MR) is 257 cm³/mol. The summed E-state index contributed by atoms with van der Waals surface area (Å²) in [5.74, 6) is -2.66. The summed E-state index contributed by atoms with van der Waals surface area (Å²) in [7, 11) is 1.68. The Morgan fingerprint density at radius 3 is 2.15 bits per heavy atom. The van der Waals surface area contributed by atoms with E-state index in [0.29, 0.717) is 45.1 Å². The van der Waals surface area contributed by atoms with E-state index in [4.69, 9.17) is 16.1 Å². The van der Waals surface area contributed by atoms with Crippen molar-refractivity contribution in [3.63, 3.8) is 0 Å². The summed E-state index contributed by atoms with van der Waals surface area (Å²) in [5, 5.41) is 30.4. The number of hydrogen-bond acceptors (Lipinski definition) is 10. The molecule has 0 spiro atoms. The van der Waals surface area contributed by atoms with E-state index in [2.05, 4.69) is 49.1 Å². The largest absolute Gasteiger partial charge is 0.370 e. The maximum Gasteiger partial charge on any atom is 0.245 e. The molecule has 0 radical (unpaired) electrons. The third-order valence-electron chi connectivity index (χ3n) is 13.1. The summed E-state index contributed by atoms with van der Waals surface area (Å²) in [4.78, 5) is 101. The lowest BCUT2D eigenvalue weighted by atomic mass is 9.84. The van der Waals surface area contributed by atoms with Gasteiger partial charge in [-0.05, 0) is 88.9 Å². The van der Waals surface area contributed by atoms with Gasteiger partial charge in [0.15, 0.2) is 5.96 Å². The van der Waals surface area contributed by atoms with Crippen LogP contribution in [0.1, 0.15) is 122 Å². The number of nitrogens with zero attached hydrogens (tertiary/aromatic N) is 2. The molecule has 1 aliphatic heterocycles. The van der Waals surface area contributed by atoms with Crippen LogP contribution in [0.5, 0.6) is 0 Å². The Balaban J connectivity index is 1.51. The summed E-state index contributed by atoms with van der Waals surface area (Å²) in [6, 6.07) is 3.81.